The molecule has 4 fully saturated rings. The lowest BCUT2D eigenvalue weighted by Crippen LogP contribution is -2.66. The van der Waals surface area contributed by atoms with Gasteiger partial charge in [0.2, 0.25) is 5.91 Å². The molecule has 0 aromatic carbocycles. The normalized spacial score (nSPS) is 46.2. The molecule has 5 aliphatic rings. The zero-order valence-corrected chi connectivity index (χ0v) is 27.3. The minimum Gasteiger partial charge on any atom is -0.394 e. The van der Waals surface area contributed by atoms with Crippen molar-refractivity contribution in [3.63, 3.8) is 0 Å². The van der Waals surface area contributed by atoms with Crippen molar-refractivity contribution in [3.8, 4) is 0 Å². The lowest BCUT2D eigenvalue weighted by Gasteiger charge is -2.72. The van der Waals surface area contributed by atoms with Gasteiger partial charge >= 0.3 is 0 Å². The van der Waals surface area contributed by atoms with Gasteiger partial charge in [-0.3, -0.25) is 4.79 Å². The Labute approximate surface area is 245 Å². The van der Waals surface area contributed by atoms with E-state index in [0.717, 1.165) is 44.9 Å². The minimum absolute atomic E-state index is 0.0101. The van der Waals surface area contributed by atoms with Gasteiger partial charge in [0.25, 0.3) is 0 Å². The predicted octanol–water partition coefficient (Wildman–Crippen LogP) is 7.67. The maximum Gasteiger partial charge on any atom is 0.230 e. The maximum absolute atomic E-state index is 14.3. The number of allylic oxidation sites excluding steroid dienone is 1. The first-order valence-corrected chi connectivity index (χ1v) is 16.8. The highest BCUT2D eigenvalue weighted by Gasteiger charge is 2.69. The molecule has 0 unspecified atom stereocenters. The lowest BCUT2D eigenvalue weighted by atomic mass is 9.32. The van der Waals surface area contributed by atoms with Crippen molar-refractivity contribution in [1.82, 2.24) is 5.32 Å². The molecule has 5 aliphatic carbocycles. The van der Waals surface area contributed by atoms with Gasteiger partial charge in [-0.2, -0.15) is 0 Å². The average molecular weight is 556 g/mol. The fraction of sp³-hybridized carbons (Fsp3) is 0.917. The van der Waals surface area contributed by atoms with E-state index in [1.807, 2.05) is 0 Å². The standard InChI is InChI=1S/C36H61NO3/c1-23(2)20-24(22-38)37-30(40)36-18-16-31(3,4)21-26(36)25-10-11-28-33(7)14-13-29(39)32(5,6)27(33)12-15-35(28,9)34(25,8)17-19-36/h21,23-25,27-29,38-39H,10-20,22H2,1-9H3,(H,37,40)/t24-,25+,27-,28+,29-,33-,34+,35+,36-/m0/s1. The first kappa shape index (κ1) is 30.6. The monoisotopic (exact) mass is 555 g/mol. The van der Waals surface area contributed by atoms with Gasteiger partial charge in [0.15, 0.2) is 0 Å². The van der Waals surface area contributed by atoms with Gasteiger partial charge in [-0.1, -0.05) is 74.0 Å². The molecule has 0 saturated heterocycles. The van der Waals surface area contributed by atoms with E-state index in [4.69, 9.17) is 0 Å². The van der Waals surface area contributed by atoms with Gasteiger partial charge in [-0.15, -0.1) is 0 Å². The Balaban J connectivity index is 1.52. The quantitative estimate of drug-likeness (QED) is 0.305. The predicted molar refractivity (Wildman–Crippen MR) is 164 cm³/mol. The zero-order chi connectivity index (χ0) is 29.5. The number of carbonyl (C=O) groups excluding carboxylic acids is 1. The average Bonchev–Trinajstić information content (AvgIpc) is 2.86. The SMILES string of the molecule is CC(C)C[C@@H](CO)NC(=O)[C@]12CCC(C)(C)C=C1[C@H]1CC[C@@H]3[C@@]4(C)CC[C@H](O)C(C)(C)[C@@H]4CC[C@@]3(C)[C@]1(C)CC2. The highest BCUT2D eigenvalue weighted by molar-refractivity contribution is 5.87. The number of carbonyl (C=O) groups is 1. The summed E-state index contributed by atoms with van der Waals surface area (Å²) in [4.78, 5) is 14.3. The van der Waals surface area contributed by atoms with Crippen LogP contribution in [0, 0.1) is 56.2 Å². The van der Waals surface area contributed by atoms with Crippen LogP contribution < -0.4 is 5.32 Å². The van der Waals surface area contributed by atoms with Crippen molar-refractivity contribution >= 4 is 5.91 Å². The van der Waals surface area contributed by atoms with E-state index in [1.54, 1.807) is 0 Å². The van der Waals surface area contributed by atoms with Crippen LogP contribution in [0.15, 0.2) is 11.6 Å². The number of rotatable bonds is 5. The Morgan fingerprint density at radius 3 is 2.20 bits per heavy atom. The molecule has 0 heterocycles. The summed E-state index contributed by atoms with van der Waals surface area (Å²) in [6.45, 7) is 21.5. The van der Waals surface area contributed by atoms with E-state index in [2.05, 4.69) is 73.7 Å². The second-order valence-corrected chi connectivity index (χ2v) is 17.6. The lowest BCUT2D eigenvalue weighted by molar-refractivity contribution is -0.229. The highest BCUT2D eigenvalue weighted by atomic mass is 16.3. The van der Waals surface area contributed by atoms with Crippen LogP contribution in [0.4, 0.5) is 0 Å². The summed E-state index contributed by atoms with van der Waals surface area (Å²) >= 11 is 0. The third-order valence-electron chi connectivity index (χ3n) is 14.3. The summed E-state index contributed by atoms with van der Waals surface area (Å²) in [5.74, 6) is 2.28. The number of hydrogen-bond acceptors (Lipinski definition) is 3. The molecular weight excluding hydrogens is 494 g/mol. The van der Waals surface area contributed by atoms with Crippen molar-refractivity contribution < 1.29 is 15.0 Å². The van der Waals surface area contributed by atoms with Gasteiger partial charge in [0.1, 0.15) is 0 Å². The molecular formula is C36H61NO3. The second-order valence-electron chi connectivity index (χ2n) is 17.6. The maximum atomic E-state index is 14.3. The summed E-state index contributed by atoms with van der Waals surface area (Å²) < 4.78 is 0. The zero-order valence-electron chi connectivity index (χ0n) is 27.3. The van der Waals surface area contributed by atoms with Crippen LogP contribution in [0.1, 0.15) is 133 Å². The summed E-state index contributed by atoms with van der Waals surface area (Å²) in [7, 11) is 0. The van der Waals surface area contributed by atoms with Crippen molar-refractivity contribution in [3.05, 3.63) is 11.6 Å². The first-order chi connectivity index (χ1) is 18.5. The van der Waals surface area contributed by atoms with Crippen LogP contribution in [0.5, 0.6) is 0 Å². The molecule has 228 valence electrons. The molecule has 1 amide bonds. The largest absolute Gasteiger partial charge is 0.394 e. The van der Waals surface area contributed by atoms with Crippen molar-refractivity contribution in [2.24, 2.45) is 56.2 Å². The molecule has 0 radical (unpaired) electrons. The number of hydrogen-bond donors (Lipinski definition) is 3. The van der Waals surface area contributed by atoms with E-state index in [0.29, 0.717) is 23.7 Å². The summed E-state index contributed by atoms with van der Waals surface area (Å²) in [6.07, 6.45) is 14.1. The molecule has 0 aromatic rings. The number of fused-ring (bicyclic) bond motifs is 7. The first-order valence-electron chi connectivity index (χ1n) is 16.8. The fourth-order valence-corrected chi connectivity index (χ4v) is 11.8. The van der Waals surface area contributed by atoms with E-state index in [-0.39, 0.29) is 51.7 Å². The van der Waals surface area contributed by atoms with Crippen LogP contribution in [-0.2, 0) is 4.79 Å². The molecule has 3 N–H and O–H groups in total. The van der Waals surface area contributed by atoms with Gasteiger partial charge in [0, 0.05) is 0 Å². The molecule has 0 spiro atoms. The molecule has 0 bridgehead atoms. The van der Waals surface area contributed by atoms with Crippen LogP contribution in [0.2, 0.25) is 0 Å². The number of nitrogens with one attached hydrogen (secondary N) is 1. The third kappa shape index (κ3) is 4.30. The van der Waals surface area contributed by atoms with Gasteiger partial charge in [0.05, 0.1) is 24.2 Å². The molecule has 4 heteroatoms. The van der Waals surface area contributed by atoms with Gasteiger partial charge < -0.3 is 15.5 Å². The molecule has 9 atom stereocenters. The highest BCUT2D eigenvalue weighted by Crippen LogP contribution is 2.76. The molecule has 40 heavy (non-hydrogen) atoms. The third-order valence-corrected chi connectivity index (χ3v) is 14.3. The van der Waals surface area contributed by atoms with Crippen LogP contribution in [0.3, 0.4) is 0 Å². The molecule has 5 rings (SSSR count). The number of aliphatic hydroxyl groups is 2. The summed E-state index contributed by atoms with van der Waals surface area (Å²) in [6, 6.07) is -0.167. The molecule has 0 aliphatic heterocycles. The molecule has 4 saturated carbocycles. The molecule has 0 aromatic heterocycles. The van der Waals surface area contributed by atoms with E-state index in [9.17, 15) is 15.0 Å². The van der Waals surface area contributed by atoms with E-state index < -0.39 is 5.41 Å². The second kappa shape index (κ2) is 9.83. The Bertz CT molecular complexity index is 1030. The van der Waals surface area contributed by atoms with Gasteiger partial charge in [-0.05, 0) is 121 Å². The van der Waals surface area contributed by atoms with Crippen LogP contribution in [0.25, 0.3) is 0 Å². The van der Waals surface area contributed by atoms with Crippen molar-refractivity contribution in [1.29, 1.82) is 0 Å². The number of amides is 1. The Morgan fingerprint density at radius 2 is 1.55 bits per heavy atom. The van der Waals surface area contributed by atoms with Crippen molar-refractivity contribution in [2.45, 2.75) is 145 Å². The topological polar surface area (TPSA) is 69.6 Å². The molecule has 4 nitrogen and oxygen atoms in total. The van der Waals surface area contributed by atoms with Crippen molar-refractivity contribution in [2.75, 3.05) is 6.61 Å². The summed E-state index contributed by atoms with van der Waals surface area (Å²) in [5, 5.41) is 24.5. The Morgan fingerprint density at radius 1 is 0.875 bits per heavy atom. The Hall–Kier alpha value is -0.870. The summed E-state index contributed by atoms with van der Waals surface area (Å²) in [5.41, 5.74) is 1.77. The Kier molecular flexibility index (Phi) is 7.52. The van der Waals surface area contributed by atoms with Gasteiger partial charge in [-0.25, -0.2) is 0 Å². The fourth-order valence-electron chi connectivity index (χ4n) is 11.8. The van der Waals surface area contributed by atoms with Crippen LogP contribution in [-0.4, -0.2) is 34.9 Å². The minimum atomic E-state index is -0.425. The van der Waals surface area contributed by atoms with E-state index in [1.165, 1.54) is 31.3 Å². The number of aliphatic hydroxyl groups excluding tert-OH is 2. The smallest absolute Gasteiger partial charge is 0.230 e. The van der Waals surface area contributed by atoms with Crippen LogP contribution >= 0.6 is 0 Å². The van der Waals surface area contributed by atoms with E-state index >= 15 is 0 Å².